The number of rotatable bonds is 5. The summed E-state index contributed by atoms with van der Waals surface area (Å²) < 4.78 is 12.7. The number of thioether (sulfide) groups is 1. The molecule has 0 aliphatic rings. The second-order valence-corrected chi connectivity index (χ2v) is 5.11. The molecule has 0 aromatic heterocycles. The lowest BCUT2D eigenvalue weighted by atomic mass is 10.2. The van der Waals surface area contributed by atoms with Gasteiger partial charge in [-0.25, -0.2) is 4.39 Å². The molecule has 0 bridgehead atoms. The van der Waals surface area contributed by atoms with E-state index < -0.39 is 0 Å². The molecule has 1 aromatic carbocycles. The van der Waals surface area contributed by atoms with Gasteiger partial charge in [0, 0.05) is 37.2 Å². The fourth-order valence-electron chi connectivity index (χ4n) is 1.20. The second kappa shape index (κ2) is 6.61. The predicted octanol–water partition coefficient (Wildman–Crippen LogP) is 1.72. The van der Waals surface area contributed by atoms with Crippen LogP contribution in [-0.4, -0.2) is 36.7 Å². The van der Waals surface area contributed by atoms with Crippen LogP contribution >= 0.6 is 11.8 Å². The van der Waals surface area contributed by atoms with Crippen LogP contribution in [0.25, 0.3) is 0 Å². The minimum Gasteiger partial charge on any atom is -0.349 e. The van der Waals surface area contributed by atoms with Crippen molar-refractivity contribution in [1.29, 1.82) is 0 Å². The lowest BCUT2D eigenvalue weighted by Crippen LogP contribution is -2.32. The number of hydrogen-bond acceptors (Lipinski definition) is 3. The van der Waals surface area contributed by atoms with Gasteiger partial charge in [0.1, 0.15) is 5.82 Å². The topological polar surface area (TPSA) is 46.3 Å². The molecule has 3 nitrogen and oxygen atoms in total. The number of amides is 1. The van der Waals surface area contributed by atoms with Gasteiger partial charge in [0.15, 0.2) is 0 Å². The summed E-state index contributed by atoms with van der Waals surface area (Å²) in [5.74, 6) is 0.421. The van der Waals surface area contributed by atoms with Crippen LogP contribution in [-0.2, 0) is 4.79 Å². The molecule has 0 aliphatic heterocycles. The van der Waals surface area contributed by atoms with E-state index in [2.05, 4.69) is 0 Å². The maximum absolute atomic E-state index is 12.7. The molecule has 0 fully saturated rings. The molecule has 1 aromatic rings. The minimum absolute atomic E-state index is 0.0252. The standard InChI is InChI=1S/C12H17FN2OS/c1-15(2)12(16)7-10(14)8-17-11-5-3-9(13)4-6-11/h3-6,10H,7-8,14H2,1-2H3/t10-/m1/s1. The SMILES string of the molecule is CN(C)C(=O)C[C@@H](N)CSc1ccc(F)cc1. The maximum Gasteiger partial charge on any atom is 0.223 e. The highest BCUT2D eigenvalue weighted by atomic mass is 32.2. The van der Waals surface area contributed by atoms with Crippen molar-refractivity contribution < 1.29 is 9.18 Å². The van der Waals surface area contributed by atoms with Crippen LogP contribution < -0.4 is 5.73 Å². The van der Waals surface area contributed by atoms with Crippen molar-refractivity contribution in [2.75, 3.05) is 19.8 Å². The Bertz CT molecular complexity index is 367. The van der Waals surface area contributed by atoms with Crippen molar-refractivity contribution in [2.45, 2.75) is 17.4 Å². The smallest absolute Gasteiger partial charge is 0.223 e. The number of carbonyl (C=O) groups excluding carboxylic acids is 1. The zero-order valence-corrected chi connectivity index (χ0v) is 10.8. The second-order valence-electron chi connectivity index (χ2n) is 4.02. The first kappa shape index (κ1) is 14.0. The van der Waals surface area contributed by atoms with Gasteiger partial charge < -0.3 is 10.6 Å². The Kier molecular flexibility index (Phi) is 5.44. The maximum atomic E-state index is 12.7. The third kappa shape index (κ3) is 5.19. The van der Waals surface area contributed by atoms with Crippen molar-refractivity contribution >= 4 is 17.7 Å². The van der Waals surface area contributed by atoms with Gasteiger partial charge in [-0.05, 0) is 24.3 Å². The van der Waals surface area contributed by atoms with Gasteiger partial charge in [-0.3, -0.25) is 4.79 Å². The van der Waals surface area contributed by atoms with Crippen molar-refractivity contribution in [3.63, 3.8) is 0 Å². The molecule has 0 radical (unpaired) electrons. The Labute approximate surface area is 105 Å². The van der Waals surface area contributed by atoms with E-state index in [0.29, 0.717) is 12.2 Å². The van der Waals surface area contributed by atoms with Crippen LogP contribution in [0.4, 0.5) is 4.39 Å². The van der Waals surface area contributed by atoms with E-state index in [1.165, 1.54) is 28.8 Å². The predicted molar refractivity (Wildman–Crippen MR) is 68.4 cm³/mol. The Morgan fingerprint density at radius 2 is 2.00 bits per heavy atom. The number of nitrogens with two attached hydrogens (primary N) is 1. The Hall–Kier alpha value is -1.07. The van der Waals surface area contributed by atoms with E-state index in [4.69, 9.17) is 5.73 Å². The summed E-state index contributed by atoms with van der Waals surface area (Å²) in [4.78, 5) is 13.9. The highest BCUT2D eigenvalue weighted by Crippen LogP contribution is 2.19. The monoisotopic (exact) mass is 256 g/mol. The highest BCUT2D eigenvalue weighted by Gasteiger charge is 2.11. The van der Waals surface area contributed by atoms with E-state index in [0.717, 1.165) is 4.90 Å². The summed E-state index contributed by atoms with van der Waals surface area (Å²) in [5.41, 5.74) is 5.85. The summed E-state index contributed by atoms with van der Waals surface area (Å²) in [5, 5.41) is 0. The van der Waals surface area contributed by atoms with E-state index in [9.17, 15) is 9.18 Å². The first-order valence-electron chi connectivity index (χ1n) is 5.33. The van der Waals surface area contributed by atoms with Gasteiger partial charge in [0.2, 0.25) is 5.91 Å². The molecule has 17 heavy (non-hydrogen) atoms. The van der Waals surface area contributed by atoms with Gasteiger partial charge in [-0.15, -0.1) is 11.8 Å². The normalized spacial score (nSPS) is 12.2. The van der Waals surface area contributed by atoms with Crippen LogP contribution in [0.2, 0.25) is 0 Å². The Morgan fingerprint density at radius 3 is 2.53 bits per heavy atom. The van der Waals surface area contributed by atoms with Crippen LogP contribution in [0.5, 0.6) is 0 Å². The number of hydrogen-bond donors (Lipinski definition) is 1. The van der Waals surface area contributed by atoms with Crippen LogP contribution in [0.15, 0.2) is 29.2 Å². The first-order valence-corrected chi connectivity index (χ1v) is 6.31. The highest BCUT2D eigenvalue weighted by molar-refractivity contribution is 7.99. The molecule has 1 rings (SSSR count). The molecule has 0 spiro atoms. The number of benzene rings is 1. The lowest BCUT2D eigenvalue weighted by molar-refractivity contribution is -0.128. The largest absolute Gasteiger partial charge is 0.349 e. The van der Waals surface area contributed by atoms with E-state index in [1.807, 2.05) is 0 Å². The number of nitrogens with zero attached hydrogens (tertiary/aromatic N) is 1. The Morgan fingerprint density at radius 1 is 1.41 bits per heavy atom. The first-order chi connectivity index (χ1) is 7.99. The number of halogens is 1. The number of carbonyl (C=O) groups is 1. The molecule has 0 unspecified atom stereocenters. The van der Waals surface area contributed by atoms with Gasteiger partial charge in [0.05, 0.1) is 0 Å². The summed E-state index contributed by atoms with van der Waals surface area (Å²) >= 11 is 1.53. The zero-order chi connectivity index (χ0) is 12.8. The lowest BCUT2D eigenvalue weighted by Gasteiger charge is -2.14. The molecular formula is C12H17FN2OS. The fraction of sp³-hybridized carbons (Fsp3) is 0.417. The van der Waals surface area contributed by atoms with Gasteiger partial charge in [-0.1, -0.05) is 0 Å². The molecule has 1 atom stereocenters. The summed E-state index contributed by atoms with van der Waals surface area (Å²) in [6, 6.07) is 6.07. The molecule has 94 valence electrons. The summed E-state index contributed by atoms with van der Waals surface area (Å²) in [6.45, 7) is 0. The van der Waals surface area contributed by atoms with Crippen molar-refractivity contribution in [2.24, 2.45) is 5.73 Å². The van der Waals surface area contributed by atoms with Crippen molar-refractivity contribution in [3.05, 3.63) is 30.1 Å². The quantitative estimate of drug-likeness (QED) is 0.816. The molecule has 0 heterocycles. The average Bonchev–Trinajstić information content (AvgIpc) is 2.28. The van der Waals surface area contributed by atoms with Gasteiger partial charge >= 0.3 is 0 Å². The average molecular weight is 256 g/mol. The van der Waals surface area contributed by atoms with E-state index in [1.54, 1.807) is 26.2 Å². The van der Waals surface area contributed by atoms with Crippen LogP contribution in [0.1, 0.15) is 6.42 Å². The van der Waals surface area contributed by atoms with Crippen molar-refractivity contribution in [1.82, 2.24) is 4.90 Å². The fourth-order valence-corrected chi connectivity index (χ4v) is 2.05. The molecule has 2 N–H and O–H groups in total. The van der Waals surface area contributed by atoms with Crippen LogP contribution in [0.3, 0.4) is 0 Å². The third-order valence-electron chi connectivity index (χ3n) is 2.21. The minimum atomic E-state index is -0.249. The molecule has 5 heteroatoms. The summed E-state index contributed by atoms with van der Waals surface area (Å²) in [7, 11) is 3.42. The summed E-state index contributed by atoms with van der Waals surface area (Å²) in [6.07, 6.45) is 0.335. The van der Waals surface area contributed by atoms with Gasteiger partial charge in [-0.2, -0.15) is 0 Å². The molecule has 0 saturated heterocycles. The van der Waals surface area contributed by atoms with Crippen molar-refractivity contribution in [3.8, 4) is 0 Å². The zero-order valence-electron chi connectivity index (χ0n) is 10.0. The van der Waals surface area contributed by atoms with Crippen LogP contribution in [0, 0.1) is 5.82 Å². The third-order valence-corrected chi connectivity index (χ3v) is 3.41. The molecular weight excluding hydrogens is 239 g/mol. The van der Waals surface area contributed by atoms with E-state index >= 15 is 0 Å². The Balaban J connectivity index is 2.35. The molecule has 0 aliphatic carbocycles. The van der Waals surface area contributed by atoms with E-state index in [-0.39, 0.29) is 17.8 Å². The molecule has 0 saturated carbocycles. The van der Waals surface area contributed by atoms with Gasteiger partial charge in [0.25, 0.3) is 0 Å². The molecule has 1 amide bonds.